The summed E-state index contributed by atoms with van der Waals surface area (Å²) in [6.45, 7) is 2.89. The molecule has 2 fully saturated rings. The molecule has 0 aromatic carbocycles. The van der Waals surface area contributed by atoms with Crippen molar-refractivity contribution in [1.29, 1.82) is 0 Å². The highest BCUT2D eigenvalue weighted by Crippen LogP contribution is 2.30. The van der Waals surface area contributed by atoms with Gasteiger partial charge in [-0.15, -0.1) is 0 Å². The lowest BCUT2D eigenvalue weighted by Crippen LogP contribution is -2.45. The highest BCUT2D eigenvalue weighted by atomic mass is 16.7. The average Bonchev–Trinajstić information content (AvgIpc) is 2.68. The largest absolute Gasteiger partial charge is 0.481 e. The number of aliphatic hydroxyl groups is 1. The number of methoxy groups -OCH3 is 1. The normalized spacial score (nSPS) is 32.5. The van der Waals surface area contributed by atoms with Gasteiger partial charge in [-0.2, -0.15) is 0 Å². The van der Waals surface area contributed by atoms with Crippen LogP contribution in [0, 0.1) is 5.92 Å². The van der Waals surface area contributed by atoms with Crippen molar-refractivity contribution in [2.45, 2.75) is 95.6 Å². The van der Waals surface area contributed by atoms with E-state index in [1.54, 1.807) is 0 Å². The summed E-state index contributed by atoms with van der Waals surface area (Å²) in [5.41, 5.74) is 0. The molecule has 6 atom stereocenters. The molecule has 0 spiro atoms. The average molecular weight is 401 g/mol. The Hall–Kier alpha value is -0.990. The molecule has 162 valence electrons. The van der Waals surface area contributed by atoms with E-state index in [-0.39, 0.29) is 25.2 Å². The van der Waals surface area contributed by atoms with Gasteiger partial charge in [-0.05, 0) is 25.7 Å². The Kier molecular flexibility index (Phi) is 10.4. The predicted molar refractivity (Wildman–Crippen MR) is 104 cm³/mol. The number of ether oxygens (including phenoxy) is 4. The van der Waals surface area contributed by atoms with Crippen LogP contribution in [-0.4, -0.2) is 60.8 Å². The Balaban J connectivity index is 2.04. The third-order valence-corrected chi connectivity index (χ3v) is 5.40. The molecule has 0 aromatic heterocycles. The molecule has 0 amide bonds. The fourth-order valence-corrected chi connectivity index (χ4v) is 3.77. The van der Waals surface area contributed by atoms with E-state index < -0.39 is 30.4 Å². The minimum atomic E-state index is -0.951. The standard InChI is InChI=1S/C21H36O7/c1-3-4-5-8-15(27-20-9-6-7-12-26-20)10-11-18-16(13-19(23)24)17(22)14-21(25-2)28-18/h10-11,15-18,20-22H,3-9,12-14H2,1-2H3,(H,23,24)/t15?,16-,17-,18+,20?,21-/m1/s1. The molecule has 7 nitrogen and oxygen atoms in total. The van der Waals surface area contributed by atoms with Gasteiger partial charge in [-0.25, -0.2) is 0 Å². The quantitative estimate of drug-likeness (QED) is 0.406. The molecule has 2 N–H and O–H groups in total. The fraction of sp³-hybridized carbons (Fsp3) is 0.857. The second-order valence-corrected chi connectivity index (χ2v) is 7.68. The van der Waals surface area contributed by atoms with Gasteiger partial charge in [0.15, 0.2) is 12.6 Å². The van der Waals surface area contributed by atoms with E-state index in [1.807, 2.05) is 12.2 Å². The molecule has 0 saturated carbocycles. The summed E-state index contributed by atoms with van der Waals surface area (Å²) in [6.07, 6.45) is 8.96. The summed E-state index contributed by atoms with van der Waals surface area (Å²) in [6, 6.07) is 0. The maximum absolute atomic E-state index is 11.2. The highest BCUT2D eigenvalue weighted by molar-refractivity contribution is 5.67. The zero-order valence-electron chi connectivity index (χ0n) is 17.1. The van der Waals surface area contributed by atoms with Crippen LogP contribution in [0.1, 0.15) is 64.7 Å². The van der Waals surface area contributed by atoms with E-state index in [4.69, 9.17) is 18.9 Å². The lowest BCUT2D eigenvalue weighted by atomic mass is 9.87. The molecule has 2 unspecified atom stereocenters. The highest BCUT2D eigenvalue weighted by Gasteiger charge is 2.38. The number of carbonyl (C=O) groups is 1. The Morgan fingerprint density at radius 3 is 2.75 bits per heavy atom. The van der Waals surface area contributed by atoms with Crippen LogP contribution in [0.2, 0.25) is 0 Å². The molecular formula is C21H36O7. The summed E-state index contributed by atoms with van der Waals surface area (Å²) >= 11 is 0. The molecule has 2 aliphatic heterocycles. The number of rotatable bonds is 11. The van der Waals surface area contributed by atoms with E-state index in [0.29, 0.717) is 0 Å². The van der Waals surface area contributed by atoms with Crippen molar-refractivity contribution in [2.24, 2.45) is 5.92 Å². The summed E-state index contributed by atoms with van der Waals surface area (Å²) in [5.74, 6) is -1.46. The number of hydrogen-bond donors (Lipinski definition) is 2. The van der Waals surface area contributed by atoms with E-state index in [0.717, 1.165) is 51.6 Å². The van der Waals surface area contributed by atoms with Gasteiger partial charge in [0, 0.05) is 26.1 Å². The third kappa shape index (κ3) is 7.79. The second-order valence-electron chi connectivity index (χ2n) is 7.68. The third-order valence-electron chi connectivity index (χ3n) is 5.40. The first kappa shape index (κ1) is 23.3. The first-order valence-electron chi connectivity index (χ1n) is 10.6. The number of carboxylic acids is 1. The van der Waals surface area contributed by atoms with Crippen LogP contribution in [0.3, 0.4) is 0 Å². The Morgan fingerprint density at radius 1 is 1.29 bits per heavy atom. The van der Waals surface area contributed by atoms with Gasteiger partial charge in [0.25, 0.3) is 0 Å². The first-order valence-corrected chi connectivity index (χ1v) is 10.6. The lowest BCUT2D eigenvalue weighted by molar-refractivity contribution is -0.216. The van der Waals surface area contributed by atoms with Crippen molar-refractivity contribution >= 4 is 5.97 Å². The molecule has 0 aromatic rings. The van der Waals surface area contributed by atoms with E-state index >= 15 is 0 Å². The molecular weight excluding hydrogens is 364 g/mol. The van der Waals surface area contributed by atoms with Gasteiger partial charge in [0.1, 0.15) is 0 Å². The van der Waals surface area contributed by atoms with Gasteiger partial charge >= 0.3 is 5.97 Å². The topological polar surface area (TPSA) is 94.5 Å². The van der Waals surface area contributed by atoms with E-state index in [9.17, 15) is 15.0 Å². The van der Waals surface area contributed by atoms with E-state index in [2.05, 4.69) is 6.92 Å². The van der Waals surface area contributed by atoms with Gasteiger partial charge in [-0.3, -0.25) is 4.79 Å². The molecule has 7 heteroatoms. The van der Waals surface area contributed by atoms with Gasteiger partial charge in [0.05, 0.1) is 24.7 Å². The Morgan fingerprint density at radius 2 is 2.11 bits per heavy atom. The van der Waals surface area contributed by atoms with Crippen molar-refractivity contribution < 1.29 is 34.0 Å². The van der Waals surface area contributed by atoms with Crippen molar-refractivity contribution in [2.75, 3.05) is 13.7 Å². The maximum atomic E-state index is 11.2. The van der Waals surface area contributed by atoms with Crippen LogP contribution in [0.4, 0.5) is 0 Å². The molecule has 0 radical (unpaired) electrons. The molecule has 2 heterocycles. The van der Waals surface area contributed by atoms with Crippen molar-refractivity contribution in [3.8, 4) is 0 Å². The van der Waals surface area contributed by atoms with Gasteiger partial charge < -0.3 is 29.2 Å². The number of aliphatic carboxylic acids is 1. The van der Waals surface area contributed by atoms with Crippen molar-refractivity contribution in [3.05, 3.63) is 12.2 Å². The molecule has 2 saturated heterocycles. The Labute approximate surface area is 168 Å². The van der Waals surface area contributed by atoms with E-state index in [1.165, 1.54) is 7.11 Å². The summed E-state index contributed by atoms with van der Waals surface area (Å²) in [5, 5.41) is 19.6. The van der Waals surface area contributed by atoms with Crippen LogP contribution < -0.4 is 0 Å². The fourth-order valence-electron chi connectivity index (χ4n) is 3.77. The van der Waals surface area contributed by atoms with Crippen LogP contribution in [0.15, 0.2) is 12.2 Å². The van der Waals surface area contributed by atoms with Crippen LogP contribution >= 0.6 is 0 Å². The summed E-state index contributed by atoms with van der Waals surface area (Å²) < 4.78 is 23.0. The predicted octanol–water partition coefficient (Wildman–Crippen LogP) is 3.25. The van der Waals surface area contributed by atoms with Crippen molar-refractivity contribution in [3.63, 3.8) is 0 Å². The molecule has 28 heavy (non-hydrogen) atoms. The van der Waals surface area contributed by atoms with Crippen LogP contribution in [0.5, 0.6) is 0 Å². The molecule has 0 bridgehead atoms. The minimum Gasteiger partial charge on any atom is -0.481 e. The zero-order chi connectivity index (χ0) is 20.4. The SMILES string of the molecule is CCCCCC(C=C[C@@H]1O[C@@H](OC)C[C@@H](O)[C@H]1CC(=O)O)OC1CCCCO1. The smallest absolute Gasteiger partial charge is 0.303 e. The van der Waals surface area contributed by atoms with Crippen LogP contribution in [-0.2, 0) is 23.7 Å². The Bertz CT molecular complexity index is 475. The monoisotopic (exact) mass is 400 g/mol. The van der Waals surface area contributed by atoms with Gasteiger partial charge in [0.2, 0.25) is 0 Å². The summed E-state index contributed by atoms with van der Waals surface area (Å²) in [4.78, 5) is 11.2. The van der Waals surface area contributed by atoms with Crippen LogP contribution in [0.25, 0.3) is 0 Å². The maximum Gasteiger partial charge on any atom is 0.303 e. The number of hydrogen-bond acceptors (Lipinski definition) is 6. The minimum absolute atomic E-state index is 0.121. The second kappa shape index (κ2) is 12.5. The number of aliphatic hydroxyl groups excluding tert-OH is 1. The zero-order valence-corrected chi connectivity index (χ0v) is 17.1. The molecule has 2 rings (SSSR count). The first-order chi connectivity index (χ1) is 13.5. The number of carboxylic acid groups (broad SMARTS) is 1. The van der Waals surface area contributed by atoms with Crippen molar-refractivity contribution in [1.82, 2.24) is 0 Å². The van der Waals surface area contributed by atoms with Gasteiger partial charge in [-0.1, -0.05) is 38.3 Å². The number of unbranched alkanes of at least 4 members (excludes halogenated alkanes) is 2. The molecule has 0 aliphatic carbocycles. The molecule has 2 aliphatic rings. The summed E-state index contributed by atoms with van der Waals surface area (Å²) in [7, 11) is 1.52. The lowest BCUT2D eigenvalue weighted by Gasteiger charge is -2.37.